The van der Waals surface area contributed by atoms with Crippen LogP contribution < -0.4 is 0 Å². The van der Waals surface area contributed by atoms with Crippen LogP contribution in [0.25, 0.3) is 0 Å². The molecule has 3 atom stereocenters. The molecule has 2 aromatic rings. The molecular weight excluding hydrogens is 424 g/mol. The molecule has 0 radical (unpaired) electrons. The molecule has 0 spiro atoms. The van der Waals surface area contributed by atoms with Crippen LogP contribution in [-0.2, 0) is 20.9 Å². The highest BCUT2D eigenvalue weighted by molar-refractivity contribution is 8.03. The molecule has 0 saturated carbocycles. The lowest BCUT2D eigenvalue weighted by atomic mass is 9.83. The summed E-state index contributed by atoms with van der Waals surface area (Å²) in [6.45, 7) is 1.45. The summed E-state index contributed by atoms with van der Waals surface area (Å²) in [5.74, 6) is -1.59. The highest BCUT2D eigenvalue weighted by Crippen LogP contribution is 2.48. The van der Waals surface area contributed by atoms with Gasteiger partial charge in [0.25, 0.3) is 5.69 Å². The first-order valence-corrected chi connectivity index (χ1v) is 10.3. The fourth-order valence-corrected chi connectivity index (χ4v) is 4.67. The van der Waals surface area contributed by atoms with E-state index < -0.39 is 22.9 Å². The maximum absolute atomic E-state index is 12.9. The summed E-state index contributed by atoms with van der Waals surface area (Å²) < 4.78 is 5.40. The van der Waals surface area contributed by atoms with Gasteiger partial charge in [-0.1, -0.05) is 11.8 Å². The van der Waals surface area contributed by atoms with Crippen LogP contribution in [0.1, 0.15) is 18.9 Å². The summed E-state index contributed by atoms with van der Waals surface area (Å²) >= 11 is 1.18. The van der Waals surface area contributed by atoms with E-state index in [1.54, 1.807) is 25.4 Å². The number of aliphatic hydroxyl groups is 1. The molecule has 0 bridgehead atoms. The summed E-state index contributed by atoms with van der Waals surface area (Å²) in [5, 5.41) is 21.1. The van der Waals surface area contributed by atoms with E-state index >= 15 is 0 Å². The predicted molar refractivity (Wildman–Crippen MR) is 108 cm³/mol. The van der Waals surface area contributed by atoms with Gasteiger partial charge in [0.1, 0.15) is 12.3 Å². The minimum Gasteiger partial charge on any atom is -0.456 e. The molecule has 10 nitrogen and oxygen atoms in total. The van der Waals surface area contributed by atoms with Gasteiger partial charge < -0.3 is 14.7 Å². The van der Waals surface area contributed by atoms with E-state index in [1.807, 2.05) is 0 Å². The van der Waals surface area contributed by atoms with Crippen molar-refractivity contribution in [2.45, 2.75) is 37.3 Å². The van der Waals surface area contributed by atoms with Crippen LogP contribution in [0.4, 0.5) is 5.69 Å². The maximum atomic E-state index is 12.9. The molecule has 2 aliphatic heterocycles. The van der Waals surface area contributed by atoms with Crippen LogP contribution in [0.2, 0.25) is 0 Å². The second kappa shape index (κ2) is 8.44. The Morgan fingerprint density at radius 2 is 2.03 bits per heavy atom. The highest BCUT2D eigenvalue weighted by Gasteiger charge is 2.57. The Bertz CT molecular complexity index is 1060. The zero-order chi connectivity index (χ0) is 22.1. The lowest BCUT2D eigenvalue weighted by molar-refractivity contribution is -0.384. The number of β-lactam (4-membered cyclic amide) rings is 1. The normalized spacial score (nSPS) is 20.8. The summed E-state index contributed by atoms with van der Waals surface area (Å²) in [6, 6.07) is 7.02. The van der Waals surface area contributed by atoms with E-state index in [0.29, 0.717) is 22.0 Å². The Morgan fingerprint density at radius 1 is 1.35 bits per heavy atom. The van der Waals surface area contributed by atoms with Crippen LogP contribution in [0.15, 0.2) is 58.5 Å². The minimum absolute atomic E-state index is 0.0618. The van der Waals surface area contributed by atoms with Crippen molar-refractivity contribution in [3.8, 4) is 0 Å². The number of carbonyl (C=O) groups excluding carboxylic acids is 2. The third kappa shape index (κ3) is 4.01. The van der Waals surface area contributed by atoms with Crippen molar-refractivity contribution in [3.63, 3.8) is 0 Å². The molecule has 1 amide bonds. The number of nitro groups is 1. The fraction of sp³-hybridized carbons (Fsp3) is 0.300. The highest BCUT2D eigenvalue weighted by atomic mass is 32.2. The summed E-state index contributed by atoms with van der Waals surface area (Å²) in [5.41, 5.74) is 0.644. The number of rotatable bonds is 7. The van der Waals surface area contributed by atoms with Crippen LogP contribution in [-0.4, -0.2) is 48.9 Å². The third-order valence-corrected chi connectivity index (χ3v) is 6.15. The molecule has 1 aromatic carbocycles. The van der Waals surface area contributed by atoms with E-state index in [-0.39, 0.29) is 29.9 Å². The van der Waals surface area contributed by atoms with Crippen LogP contribution in [0.5, 0.6) is 0 Å². The molecule has 31 heavy (non-hydrogen) atoms. The minimum atomic E-state index is -0.830. The number of aromatic nitrogens is 2. The number of aliphatic hydroxyl groups excluding tert-OH is 1. The third-order valence-electron chi connectivity index (χ3n) is 5.16. The molecule has 0 aliphatic carbocycles. The number of non-ortho nitro benzene ring substituents is 1. The number of nitro benzene ring substituents is 1. The van der Waals surface area contributed by atoms with E-state index in [1.165, 1.54) is 40.9 Å². The summed E-state index contributed by atoms with van der Waals surface area (Å²) in [7, 11) is 0. The van der Waals surface area contributed by atoms with Gasteiger partial charge in [0.15, 0.2) is 5.16 Å². The Morgan fingerprint density at radius 3 is 2.65 bits per heavy atom. The van der Waals surface area contributed by atoms with Crippen LogP contribution in [0, 0.1) is 16.0 Å². The van der Waals surface area contributed by atoms with Gasteiger partial charge in [-0.2, -0.15) is 0 Å². The standard InChI is InChI=1S/C20H18N4O6S/c1-11(25)16-14-9-15(31-20-21-7-2-8-22-20)17(23(14)18(16)26)19(27)30-10-12-3-5-13(6-4-12)24(28)29/h2-8,11,14,16,25H,9-10H2,1H3/t11-,14+,16+/m0/s1. The number of amides is 1. The number of benzene rings is 1. The molecule has 160 valence electrons. The second-order valence-corrected chi connectivity index (χ2v) is 8.21. The largest absolute Gasteiger partial charge is 0.456 e. The quantitative estimate of drug-likeness (QED) is 0.225. The number of esters is 1. The average Bonchev–Trinajstić information content (AvgIpc) is 3.06. The number of hydrogen-bond donors (Lipinski definition) is 1. The van der Waals surface area contributed by atoms with Gasteiger partial charge in [-0.05, 0) is 30.7 Å². The molecule has 11 heteroatoms. The van der Waals surface area contributed by atoms with Crippen molar-refractivity contribution in [1.82, 2.24) is 14.9 Å². The zero-order valence-electron chi connectivity index (χ0n) is 16.4. The van der Waals surface area contributed by atoms with Gasteiger partial charge >= 0.3 is 5.97 Å². The lowest BCUT2D eigenvalue weighted by Crippen LogP contribution is -2.61. The number of thioether (sulfide) groups is 1. The molecule has 1 fully saturated rings. The topological polar surface area (TPSA) is 136 Å². The van der Waals surface area contributed by atoms with Crippen molar-refractivity contribution in [3.05, 3.63) is 69.0 Å². The fourth-order valence-electron chi connectivity index (χ4n) is 3.69. The van der Waals surface area contributed by atoms with Gasteiger partial charge in [0.05, 0.1) is 23.0 Å². The van der Waals surface area contributed by atoms with Crippen molar-refractivity contribution < 1.29 is 24.4 Å². The first kappa shape index (κ1) is 20.9. The Hall–Kier alpha value is -3.31. The molecule has 4 rings (SSSR count). The molecule has 1 aromatic heterocycles. The number of hydrogen-bond acceptors (Lipinski definition) is 9. The van der Waals surface area contributed by atoms with Gasteiger partial charge in [-0.3, -0.25) is 14.9 Å². The second-order valence-electron chi connectivity index (χ2n) is 7.15. The maximum Gasteiger partial charge on any atom is 0.356 e. The number of nitrogens with zero attached hydrogens (tertiary/aromatic N) is 4. The van der Waals surface area contributed by atoms with Gasteiger partial charge in [-0.15, -0.1) is 0 Å². The zero-order valence-corrected chi connectivity index (χ0v) is 17.2. The van der Waals surface area contributed by atoms with Crippen molar-refractivity contribution >= 4 is 29.3 Å². The number of carbonyl (C=O) groups is 2. The van der Waals surface area contributed by atoms with E-state index in [0.717, 1.165) is 0 Å². The van der Waals surface area contributed by atoms with Gasteiger partial charge in [-0.25, -0.2) is 14.8 Å². The molecule has 1 N–H and O–H groups in total. The number of ether oxygens (including phenoxy) is 1. The number of fused-ring (bicyclic) bond motifs is 1. The van der Waals surface area contributed by atoms with E-state index in [4.69, 9.17) is 4.74 Å². The SMILES string of the molecule is C[C@H](O)[C@H]1C(=O)N2C(C(=O)OCc3ccc([N+](=O)[O-])cc3)=C(Sc3ncccn3)C[C@H]12. The Labute approximate surface area is 181 Å². The molecule has 1 saturated heterocycles. The monoisotopic (exact) mass is 442 g/mol. The molecule has 0 unspecified atom stereocenters. The van der Waals surface area contributed by atoms with Crippen molar-refractivity contribution in [1.29, 1.82) is 0 Å². The van der Waals surface area contributed by atoms with Gasteiger partial charge in [0, 0.05) is 35.9 Å². The van der Waals surface area contributed by atoms with Crippen LogP contribution >= 0.6 is 11.8 Å². The first-order chi connectivity index (χ1) is 14.9. The van der Waals surface area contributed by atoms with Gasteiger partial charge in [0.2, 0.25) is 5.91 Å². The van der Waals surface area contributed by atoms with Crippen molar-refractivity contribution in [2.24, 2.45) is 5.92 Å². The smallest absolute Gasteiger partial charge is 0.356 e. The molecule has 3 heterocycles. The first-order valence-electron chi connectivity index (χ1n) is 9.46. The van der Waals surface area contributed by atoms with E-state index in [2.05, 4.69) is 9.97 Å². The Balaban J connectivity index is 1.54. The predicted octanol–water partition coefficient (Wildman–Crippen LogP) is 2.04. The van der Waals surface area contributed by atoms with Crippen molar-refractivity contribution in [2.75, 3.05) is 0 Å². The summed E-state index contributed by atoms with van der Waals surface area (Å²) in [4.78, 5) is 46.0. The Kier molecular flexibility index (Phi) is 5.70. The molecular formula is C20H18N4O6S. The lowest BCUT2D eigenvalue weighted by Gasteiger charge is -2.44. The van der Waals surface area contributed by atoms with E-state index in [9.17, 15) is 24.8 Å². The average molecular weight is 442 g/mol. The summed E-state index contributed by atoms with van der Waals surface area (Å²) in [6.07, 6.45) is 2.72. The van der Waals surface area contributed by atoms with Crippen LogP contribution in [0.3, 0.4) is 0 Å². The molecule has 2 aliphatic rings.